The summed E-state index contributed by atoms with van der Waals surface area (Å²) in [4.78, 5) is 0. The zero-order valence-electron chi connectivity index (χ0n) is 8.99. The van der Waals surface area contributed by atoms with Crippen molar-refractivity contribution in [3.05, 3.63) is 0 Å². The van der Waals surface area contributed by atoms with Crippen LogP contribution in [-0.2, 0) is 0 Å². The Kier molecular flexibility index (Phi) is 6.25. The summed E-state index contributed by atoms with van der Waals surface area (Å²) < 4.78 is 0. The van der Waals surface area contributed by atoms with Crippen molar-refractivity contribution in [3.63, 3.8) is 0 Å². The third kappa shape index (κ3) is 2.48. The summed E-state index contributed by atoms with van der Waals surface area (Å²) in [6, 6.07) is 0. The summed E-state index contributed by atoms with van der Waals surface area (Å²) in [6.45, 7) is 9.28. The first-order valence-electron chi connectivity index (χ1n) is 5.26. The minimum absolute atomic E-state index is 0.559. The topological polar surface area (TPSA) is 0 Å². The van der Waals surface area contributed by atoms with Gasteiger partial charge in [0.2, 0.25) is 0 Å². The molecule has 0 unspecified atom stereocenters. The maximum Gasteiger partial charge on any atom is 0.00904 e. The normalized spacial score (nSPS) is 12.5. The van der Waals surface area contributed by atoms with Crippen LogP contribution in [0.4, 0.5) is 0 Å². The quantitative estimate of drug-likeness (QED) is 0.589. The molecular weight excluding hydrogens is 212 g/mol. The number of alkyl halides is 1. The fraction of sp³-hybridized carbons (Fsp3) is 1.00. The van der Waals surface area contributed by atoms with E-state index in [9.17, 15) is 0 Å². The second-order valence-corrected chi connectivity index (χ2v) is 4.28. The molecule has 1 heteroatoms. The zero-order chi connectivity index (χ0) is 9.61. The molecule has 0 saturated heterocycles. The van der Waals surface area contributed by atoms with Gasteiger partial charge in [0.15, 0.2) is 0 Å². The summed E-state index contributed by atoms with van der Waals surface area (Å²) in [5.41, 5.74) is 0.559. The highest BCUT2D eigenvalue weighted by molar-refractivity contribution is 9.09. The van der Waals surface area contributed by atoms with Gasteiger partial charge in [0.05, 0.1) is 0 Å². The van der Waals surface area contributed by atoms with Gasteiger partial charge in [-0.15, -0.1) is 0 Å². The minimum Gasteiger partial charge on any atom is -0.0922 e. The Balaban J connectivity index is 4.42. The van der Waals surface area contributed by atoms with Crippen LogP contribution in [0.1, 0.15) is 53.4 Å². The van der Waals surface area contributed by atoms with E-state index in [2.05, 4.69) is 43.6 Å². The number of hydrogen-bond donors (Lipinski definition) is 0. The fourth-order valence-corrected chi connectivity index (χ4v) is 3.53. The Labute approximate surface area is 86.3 Å². The van der Waals surface area contributed by atoms with Gasteiger partial charge in [-0.1, -0.05) is 56.5 Å². The number of hydrogen-bond acceptors (Lipinski definition) is 0. The summed E-state index contributed by atoms with van der Waals surface area (Å²) >= 11 is 3.68. The van der Waals surface area contributed by atoms with Gasteiger partial charge in [-0.2, -0.15) is 0 Å². The van der Waals surface area contributed by atoms with Crippen LogP contribution in [0, 0.1) is 11.3 Å². The molecule has 0 aromatic carbocycles. The van der Waals surface area contributed by atoms with Crippen LogP contribution >= 0.6 is 15.9 Å². The zero-order valence-corrected chi connectivity index (χ0v) is 10.6. The Bertz CT molecular complexity index is 93.3. The van der Waals surface area contributed by atoms with Crippen molar-refractivity contribution >= 4 is 15.9 Å². The average molecular weight is 235 g/mol. The van der Waals surface area contributed by atoms with Crippen molar-refractivity contribution in [2.24, 2.45) is 11.3 Å². The molecule has 0 nitrogen and oxygen atoms in total. The molecule has 0 aromatic rings. The first-order valence-corrected chi connectivity index (χ1v) is 6.38. The van der Waals surface area contributed by atoms with E-state index in [4.69, 9.17) is 0 Å². The molecule has 0 atom stereocenters. The maximum absolute atomic E-state index is 3.68. The highest BCUT2D eigenvalue weighted by atomic mass is 79.9. The van der Waals surface area contributed by atoms with E-state index in [0.717, 1.165) is 5.92 Å². The van der Waals surface area contributed by atoms with E-state index in [-0.39, 0.29) is 0 Å². The molecule has 0 aliphatic carbocycles. The van der Waals surface area contributed by atoms with Gasteiger partial charge < -0.3 is 0 Å². The van der Waals surface area contributed by atoms with E-state index in [1.165, 1.54) is 31.0 Å². The molecule has 0 fully saturated rings. The van der Waals surface area contributed by atoms with Gasteiger partial charge >= 0.3 is 0 Å². The molecule has 0 rings (SSSR count). The third-order valence-electron chi connectivity index (χ3n) is 3.53. The molecule has 0 saturated carbocycles. The van der Waals surface area contributed by atoms with E-state index in [0.29, 0.717) is 5.41 Å². The van der Waals surface area contributed by atoms with Gasteiger partial charge in [-0.25, -0.2) is 0 Å². The lowest BCUT2D eigenvalue weighted by Gasteiger charge is -2.37. The van der Waals surface area contributed by atoms with Crippen LogP contribution in [0.5, 0.6) is 0 Å². The monoisotopic (exact) mass is 234 g/mol. The van der Waals surface area contributed by atoms with Crippen LogP contribution in [0.25, 0.3) is 0 Å². The van der Waals surface area contributed by atoms with Gasteiger partial charge in [0.25, 0.3) is 0 Å². The standard InChI is InChI=1S/C11H23Br/c1-5-10(6-2)11(7-3,8-4)9-12/h10H,5-9H2,1-4H3. The van der Waals surface area contributed by atoms with Crippen molar-refractivity contribution < 1.29 is 0 Å². The Hall–Kier alpha value is 0.480. The largest absolute Gasteiger partial charge is 0.0922 e. The van der Waals surface area contributed by atoms with Gasteiger partial charge in [0.1, 0.15) is 0 Å². The van der Waals surface area contributed by atoms with E-state index >= 15 is 0 Å². The third-order valence-corrected chi connectivity index (χ3v) is 4.64. The summed E-state index contributed by atoms with van der Waals surface area (Å²) in [7, 11) is 0. The number of halogens is 1. The molecule has 0 aliphatic heterocycles. The highest BCUT2D eigenvalue weighted by Crippen LogP contribution is 2.40. The summed E-state index contributed by atoms with van der Waals surface area (Å²) in [5, 5.41) is 1.17. The maximum atomic E-state index is 3.68. The molecule has 0 heterocycles. The molecule has 0 N–H and O–H groups in total. The SMILES string of the molecule is CCC(CC)C(CC)(CC)CBr. The van der Waals surface area contributed by atoms with Crippen LogP contribution < -0.4 is 0 Å². The second-order valence-electron chi connectivity index (χ2n) is 3.72. The molecule has 74 valence electrons. The molecular formula is C11H23Br. The fourth-order valence-electron chi connectivity index (χ4n) is 2.28. The van der Waals surface area contributed by atoms with E-state index in [1.54, 1.807) is 0 Å². The first kappa shape index (κ1) is 12.5. The van der Waals surface area contributed by atoms with E-state index in [1.807, 2.05) is 0 Å². The highest BCUT2D eigenvalue weighted by Gasteiger charge is 2.31. The molecule has 12 heavy (non-hydrogen) atoms. The van der Waals surface area contributed by atoms with Crippen molar-refractivity contribution in [2.45, 2.75) is 53.4 Å². The lowest BCUT2D eigenvalue weighted by Crippen LogP contribution is -2.30. The number of rotatable bonds is 6. The Morgan fingerprint density at radius 2 is 1.42 bits per heavy atom. The summed E-state index contributed by atoms with van der Waals surface area (Å²) in [5.74, 6) is 0.895. The Morgan fingerprint density at radius 3 is 1.50 bits per heavy atom. The van der Waals surface area contributed by atoms with Crippen LogP contribution in [-0.4, -0.2) is 5.33 Å². The molecule has 0 amide bonds. The van der Waals surface area contributed by atoms with Crippen LogP contribution in [0.15, 0.2) is 0 Å². The lowest BCUT2D eigenvalue weighted by atomic mass is 9.70. The van der Waals surface area contributed by atoms with Crippen LogP contribution in [0.2, 0.25) is 0 Å². The second kappa shape index (κ2) is 6.01. The predicted octanol–water partition coefficient (Wildman–Crippen LogP) is 4.62. The Morgan fingerprint density at radius 1 is 1.00 bits per heavy atom. The van der Waals surface area contributed by atoms with Gasteiger partial charge in [0, 0.05) is 5.33 Å². The van der Waals surface area contributed by atoms with Gasteiger partial charge in [-0.3, -0.25) is 0 Å². The lowest BCUT2D eigenvalue weighted by molar-refractivity contribution is 0.166. The van der Waals surface area contributed by atoms with Crippen LogP contribution in [0.3, 0.4) is 0 Å². The smallest absolute Gasteiger partial charge is 0.00904 e. The predicted molar refractivity (Wildman–Crippen MR) is 60.9 cm³/mol. The van der Waals surface area contributed by atoms with Gasteiger partial charge in [-0.05, 0) is 24.2 Å². The summed E-state index contributed by atoms with van der Waals surface area (Å²) in [6.07, 6.45) is 5.26. The molecule has 0 aliphatic rings. The van der Waals surface area contributed by atoms with Crippen molar-refractivity contribution in [1.82, 2.24) is 0 Å². The van der Waals surface area contributed by atoms with E-state index < -0.39 is 0 Å². The average Bonchev–Trinajstić information content (AvgIpc) is 2.14. The molecule has 0 aromatic heterocycles. The van der Waals surface area contributed by atoms with Crippen molar-refractivity contribution in [3.8, 4) is 0 Å². The van der Waals surface area contributed by atoms with Crippen molar-refractivity contribution in [2.75, 3.05) is 5.33 Å². The molecule has 0 bridgehead atoms. The van der Waals surface area contributed by atoms with Crippen molar-refractivity contribution in [1.29, 1.82) is 0 Å². The minimum atomic E-state index is 0.559. The first-order chi connectivity index (χ1) is 5.70. The molecule has 0 spiro atoms. The molecule has 0 radical (unpaired) electrons.